The van der Waals surface area contributed by atoms with Crippen molar-refractivity contribution < 1.29 is 27.1 Å². The summed E-state index contributed by atoms with van der Waals surface area (Å²) in [5, 5.41) is 17.7. The molecule has 0 spiro atoms. The summed E-state index contributed by atoms with van der Waals surface area (Å²) in [4.78, 5) is 18.0. The zero-order valence-electron chi connectivity index (χ0n) is 19.0. The highest BCUT2D eigenvalue weighted by atomic mass is 32.2. The molecule has 0 saturated heterocycles. The Labute approximate surface area is 201 Å². The van der Waals surface area contributed by atoms with E-state index in [-0.39, 0.29) is 29.0 Å². The normalized spacial score (nSPS) is 20.0. The molecule has 0 amide bonds. The zero-order valence-corrected chi connectivity index (χ0v) is 19.8. The summed E-state index contributed by atoms with van der Waals surface area (Å²) < 4.78 is 51.7. The fourth-order valence-electron chi connectivity index (χ4n) is 4.28. The van der Waals surface area contributed by atoms with E-state index in [1.54, 1.807) is 36.1 Å². The standard InChI is InChI=1S/C24H24F2N4O4S/c1-23-13-15(21(31)32)7-12-20(23)30(14-16-5-3-4-6-19(16)24(2,25)26)22(29-23)28-17-8-10-18(11-9-17)35(27,33)34/h3-12H,13-14H2,1-2H3,(H,28,29)(H,31,32)(H2,27,33,34). The molecular weight excluding hydrogens is 478 g/mol. The molecule has 1 heterocycles. The molecule has 35 heavy (non-hydrogen) atoms. The summed E-state index contributed by atoms with van der Waals surface area (Å²) in [7, 11) is -3.87. The highest BCUT2D eigenvalue weighted by Gasteiger charge is 2.44. The first kappa shape index (κ1) is 24.6. The Hall–Kier alpha value is -3.57. The second kappa shape index (κ2) is 8.58. The number of benzene rings is 2. The number of fused-ring (bicyclic) bond motifs is 1. The van der Waals surface area contributed by atoms with E-state index < -0.39 is 27.5 Å². The number of hydrogen-bond acceptors (Lipinski definition) is 6. The van der Waals surface area contributed by atoms with Crippen LogP contribution in [0.3, 0.4) is 0 Å². The lowest BCUT2D eigenvalue weighted by Crippen LogP contribution is -2.36. The largest absolute Gasteiger partial charge is 0.478 e. The number of carboxylic acid groups (broad SMARTS) is 1. The van der Waals surface area contributed by atoms with E-state index in [4.69, 9.17) is 10.1 Å². The number of aliphatic carboxylic acids is 1. The molecular formula is C24H24F2N4O4S. The maximum Gasteiger partial charge on any atom is 0.331 e. The number of rotatable bonds is 6. The second-order valence-corrected chi connectivity index (χ2v) is 10.3. The lowest BCUT2D eigenvalue weighted by Gasteiger charge is -2.31. The van der Waals surface area contributed by atoms with Crippen molar-refractivity contribution >= 4 is 27.6 Å². The Morgan fingerprint density at radius 3 is 2.46 bits per heavy atom. The van der Waals surface area contributed by atoms with Gasteiger partial charge in [-0.05, 0) is 48.9 Å². The number of primary sulfonamides is 1. The van der Waals surface area contributed by atoms with E-state index in [1.807, 2.05) is 0 Å². The Morgan fingerprint density at radius 2 is 1.86 bits per heavy atom. The second-order valence-electron chi connectivity index (χ2n) is 8.76. The number of allylic oxidation sites excluding steroid dienone is 2. The number of nitrogens with zero attached hydrogens (tertiary/aromatic N) is 2. The van der Waals surface area contributed by atoms with E-state index in [2.05, 4.69) is 5.32 Å². The highest BCUT2D eigenvalue weighted by Crippen LogP contribution is 2.42. The van der Waals surface area contributed by atoms with Gasteiger partial charge < -0.3 is 15.3 Å². The molecule has 1 unspecified atom stereocenters. The molecule has 1 atom stereocenters. The number of nitrogens with one attached hydrogen (secondary N) is 1. The molecule has 0 saturated carbocycles. The van der Waals surface area contributed by atoms with Crippen LogP contribution in [-0.4, -0.2) is 35.9 Å². The quantitative estimate of drug-likeness (QED) is 0.552. The third-order valence-electron chi connectivity index (χ3n) is 5.96. The number of hydrogen-bond donors (Lipinski definition) is 3. The fourth-order valence-corrected chi connectivity index (χ4v) is 4.80. The number of guanidine groups is 1. The van der Waals surface area contributed by atoms with Crippen LogP contribution in [-0.2, 0) is 27.3 Å². The van der Waals surface area contributed by atoms with Crippen LogP contribution in [0.2, 0.25) is 0 Å². The van der Waals surface area contributed by atoms with Crippen molar-refractivity contribution in [2.45, 2.75) is 43.2 Å². The van der Waals surface area contributed by atoms with Gasteiger partial charge in [0.1, 0.15) is 5.54 Å². The van der Waals surface area contributed by atoms with Crippen molar-refractivity contribution in [1.82, 2.24) is 4.90 Å². The number of aliphatic imine (C=N–C) groups is 1. The molecule has 1 aliphatic heterocycles. The number of alkyl halides is 2. The van der Waals surface area contributed by atoms with E-state index in [0.717, 1.165) is 6.92 Å². The van der Waals surface area contributed by atoms with Crippen LogP contribution < -0.4 is 10.5 Å². The number of carboxylic acids is 1. The zero-order chi connectivity index (χ0) is 25.6. The Kier molecular flexibility index (Phi) is 6.02. The van der Waals surface area contributed by atoms with Gasteiger partial charge >= 0.3 is 5.97 Å². The third kappa shape index (κ3) is 4.96. The molecule has 4 rings (SSSR count). The monoisotopic (exact) mass is 502 g/mol. The smallest absolute Gasteiger partial charge is 0.331 e. The number of nitrogens with two attached hydrogens (primary N) is 1. The van der Waals surface area contributed by atoms with Crippen LogP contribution in [0.5, 0.6) is 0 Å². The summed E-state index contributed by atoms with van der Waals surface area (Å²) in [5.74, 6) is -3.80. The molecule has 8 nitrogen and oxygen atoms in total. The first-order chi connectivity index (χ1) is 16.3. The van der Waals surface area contributed by atoms with Gasteiger partial charge in [0.15, 0.2) is 0 Å². The predicted molar refractivity (Wildman–Crippen MR) is 127 cm³/mol. The molecule has 0 fully saturated rings. The van der Waals surface area contributed by atoms with Gasteiger partial charge in [-0.25, -0.2) is 32.1 Å². The van der Waals surface area contributed by atoms with Gasteiger partial charge in [0, 0.05) is 35.9 Å². The van der Waals surface area contributed by atoms with Crippen LogP contribution in [0, 0.1) is 0 Å². The van der Waals surface area contributed by atoms with Gasteiger partial charge in [0.05, 0.1) is 11.4 Å². The van der Waals surface area contributed by atoms with Gasteiger partial charge in [-0.3, -0.25) is 0 Å². The van der Waals surface area contributed by atoms with Crippen molar-refractivity contribution in [2.24, 2.45) is 10.1 Å². The lowest BCUT2D eigenvalue weighted by atomic mass is 9.85. The van der Waals surface area contributed by atoms with E-state index in [1.165, 1.54) is 36.4 Å². The maximum atomic E-state index is 14.3. The fraction of sp³-hybridized carbons (Fsp3) is 0.250. The number of sulfonamides is 1. The Bertz CT molecular complexity index is 1380. The van der Waals surface area contributed by atoms with Crippen LogP contribution >= 0.6 is 0 Å². The van der Waals surface area contributed by atoms with Crippen LogP contribution in [0.25, 0.3) is 0 Å². The van der Waals surface area contributed by atoms with Gasteiger partial charge in [-0.2, -0.15) is 0 Å². The molecule has 0 bridgehead atoms. The van der Waals surface area contributed by atoms with E-state index in [9.17, 15) is 27.1 Å². The Morgan fingerprint density at radius 1 is 1.20 bits per heavy atom. The molecule has 0 radical (unpaired) electrons. The lowest BCUT2D eigenvalue weighted by molar-refractivity contribution is -0.132. The topological polar surface area (TPSA) is 125 Å². The van der Waals surface area contributed by atoms with Gasteiger partial charge in [0.25, 0.3) is 5.92 Å². The average molecular weight is 503 g/mol. The molecule has 2 aromatic carbocycles. The van der Waals surface area contributed by atoms with Crippen molar-refractivity contribution in [1.29, 1.82) is 0 Å². The summed E-state index contributed by atoms with van der Waals surface area (Å²) in [6.07, 6.45) is 3.25. The maximum absolute atomic E-state index is 14.3. The first-order valence-corrected chi connectivity index (χ1v) is 12.2. The van der Waals surface area contributed by atoms with Crippen molar-refractivity contribution in [3.8, 4) is 0 Å². The molecule has 184 valence electrons. The minimum absolute atomic E-state index is 0.0539. The van der Waals surface area contributed by atoms with Crippen LogP contribution in [0.15, 0.2) is 81.8 Å². The van der Waals surface area contributed by atoms with Gasteiger partial charge in [0.2, 0.25) is 16.0 Å². The minimum atomic E-state index is -3.87. The first-order valence-electron chi connectivity index (χ1n) is 10.7. The molecule has 4 N–H and O–H groups in total. The van der Waals surface area contributed by atoms with Crippen LogP contribution in [0.4, 0.5) is 14.5 Å². The summed E-state index contributed by atoms with van der Waals surface area (Å²) in [5.41, 5.74) is 0.652. The van der Waals surface area contributed by atoms with E-state index >= 15 is 0 Å². The molecule has 1 aliphatic carbocycles. The summed E-state index contributed by atoms with van der Waals surface area (Å²) in [6, 6.07) is 11.9. The number of carbonyl (C=O) groups is 1. The number of halogens is 2. The third-order valence-corrected chi connectivity index (χ3v) is 6.89. The highest BCUT2D eigenvalue weighted by molar-refractivity contribution is 7.89. The van der Waals surface area contributed by atoms with Gasteiger partial charge in [-0.1, -0.05) is 24.3 Å². The summed E-state index contributed by atoms with van der Waals surface area (Å²) in [6.45, 7) is 2.67. The predicted octanol–water partition coefficient (Wildman–Crippen LogP) is 3.79. The van der Waals surface area contributed by atoms with Crippen molar-refractivity contribution in [2.75, 3.05) is 5.32 Å². The van der Waals surface area contributed by atoms with Crippen LogP contribution in [0.1, 0.15) is 31.4 Å². The average Bonchev–Trinajstić information content (AvgIpc) is 3.03. The van der Waals surface area contributed by atoms with Crippen molar-refractivity contribution in [3.05, 3.63) is 83.1 Å². The Balaban J connectivity index is 1.74. The minimum Gasteiger partial charge on any atom is -0.478 e. The molecule has 2 aromatic rings. The van der Waals surface area contributed by atoms with Crippen molar-refractivity contribution in [3.63, 3.8) is 0 Å². The molecule has 2 aliphatic rings. The van der Waals surface area contributed by atoms with Gasteiger partial charge in [-0.15, -0.1) is 0 Å². The van der Waals surface area contributed by atoms with E-state index in [0.29, 0.717) is 22.9 Å². The molecule has 11 heteroatoms. The number of anilines is 1. The molecule has 0 aromatic heterocycles. The summed E-state index contributed by atoms with van der Waals surface area (Å²) >= 11 is 0. The SMILES string of the molecule is CC12CC(C(=O)O)=CC=C1N(Cc1ccccc1C(C)(F)F)C(Nc1ccc(S(N)(=O)=O)cc1)=N2.